The van der Waals surface area contributed by atoms with E-state index in [1.165, 1.54) is 24.3 Å². The first-order chi connectivity index (χ1) is 6.09. The molecular weight excluding hydrogens is 194 g/mol. The molecule has 0 atom stereocenters. The van der Waals surface area contributed by atoms with E-state index in [0.717, 1.165) is 5.48 Å². The second-order valence-corrected chi connectivity index (χ2v) is 4.06. The Bertz CT molecular complexity index is 398. The van der Waals surface area contributed by atoms with E-state index in [1.54, 1.807) is 6.07 Å². The molecule has 0 unspecified atom stereocenters. The Hall–Kier alpha value is -1.40. The van der Waals surface area contributed by atoms with Crippen LogP contribution in [-0.2, 0) is 9.84 Å². The van der Waals surface area contributed by atoms with Crippen molar-refractivity contribution in [3.8, 4) is 0 Å². The Labute approximate surface area is 74.9 Å². The molecule has 0 fully saturated rings. The van der Waals surface area contributed by atoms with Gasteiger partial charge in [0.1, 0.15) is 0 Å². The van der Waals surface area contributed by atoms with Gasteiger partial charge in [0, 0.05) is 0 Å². The standard InChI is InChI=1S/C7H7NO4S/c9-7(8-10)13(11,12)6-4-2-1-3-5-6/h1-5,10H,(H,8,9). The van der Waals surface area contributed by atoms with Crippen molar-refractivity contribution >= 4 is 15.1 Å². The van der Waals surface area contributed by atoms with Gasteiger partial charge in [0.05, 0.1) is 4.90 Å². The van der Waals surface area contributed by atoms with Gasteiger partial charge in [-0.1, -0.05) is 18.2 Å². The fourth-order valence-electron chi connectivity index (χ4n) is 0.767. The highest BCUT2D eigenvalue weighted by atomic mass is 32.2. The van der Waals surface area contributed by atoms with Crippen molar-refractivity contribution in [3.05, 3.63) is 30.3 Å². The van der Waals surface area contributed by atoms with E-state index in [1.807, 2.05) is 0 Å². The van der Waals surface area contributed by atoms with Crippen molar-refractivity contribution in [2.24, 2.45) is 0 Å². The van der Waals surface area contributed by atoms with Crippen LogP contribution in [0.2, 0.25) is 0 Å². The number of hydroxylamine groups is 1. The van der Waals surface area contributed by atoms with Crippen LogP contribution in [0.5, 0.6) is 0 Å². The summed E-state index contributed by atoms with van der Waals surface area (Å²) in [6.45, 7) is 0. The SMILES string of the molecule is O=C(NO)S(=O)(=O)c1ccccc1. The van der Waals surface area contributed by atoms with Gasteiger partial charge in [-0.3, -0.25) is 10.0 Å². The molecule has 0 radical (unpaired) electrons. The number of carbonyl (C=O) groups excluding carboxylic acids is 1. The molecule has 0 aliphatic heterocycles. The Kier molecular flexibility index (Phi) is 2.64. The first kappa shape index (κ1) is 9.69. The second kappa shape index (κ2) is 3.55. The van der Waals surface area contributed by atoms with Crippen molar-refractivity contribution in [2.75, 3.05) is 0 Å². The lowest BCUT2D eigenvalue weighted by atomic mass is 10.4. The molecule has 0 spiro atoms. The monoisotopic (exact) mass is 201 g/mol. The quantitative estimate of drug-likeness (QED) is 0.513. The van der Waals surface area contributed by atoms with Gasteiger partial charge in [-0.15, -0.1) is 0 Å². The fourth-order valence-corrected chi connectivity index (χ4v) is 1.62. The molecule has 0 aromatic heterocycles. The summed E-state index contributed by atoms with van der Waals surface area (Å²) in [5.74, 6) is 0. The molecule has 6 heteroatoms. The molecule has 5 nitrogen and oxygen atoms in total. The van der Waals surface area contributed by atoms with Gasteiger partial charge in [-0.05, 0) is 12.1 Å². The van der Waals surface area contributed by atoms with Crippen LogP contribution >= 0.6 is 0 Å². The molecular formula is C7H7NO4S. The molecule has 0 bridgehead atoms. The molecule has 0 saturated heterocycles. The summed E-state index contributed by atoms with van der Waals surface area (Å²) in [4.78, 5) is 10.5. The number of hydrogen-bond donors (Lipinski definition) is 2. The first-order valence-electron chi connectivity index (χ1n) is 3.33. The molecule has 0 saturated carbocycles. The summed E-state index contributed by atoms with van der Waals surface area (Å²) in [5.41, 5.74) is 1.08. The summed E-state index contributed by atoms with van der Waals surface area (Å²) in [6, 6.07) is 7.13. The van der Waals surface area contributed by atoms with Crippen LogP contribution in [0.15, 0.2) is 35.2 Å². The number of nitrogens with one attached hydrogen (secondary N) is 1. The van der Waals surface area contributed by atoms with E-state index in [0.29, 0.717) is 0 Å². The number of rotatable bonds is 1. The molecule has 0 aliphatic rings. The predicted octanol–water partition coefficient (Wildman–Crippen LogP) is 0.559. The van der Waals surface area contributed by atoms with E-state index in [4.69, 9.17) is 5.21 Å². The van der Waals surface area contributed by atoms with Crippen LogP contribution in [-0.4, -0.2) is 18.9 Å². The number of hydrogen-bond acceptors (Lipinski definition) is 4. The third kappa shape index (κ3) is 1.85. The lowest BCUT2D eigenvalue weighted by Crippen LogP contribution is -2.26. The third-order valence-electron chi connectivity index (χ3n) is 1.39. The largest absolute Gasteiger partial charge is 0.364 e. The second-order valence-electron chi connectivity index (χ2n) is 2.22. The summed E-state index contributed by atoms with van der Waals surface area (Å²) in [5, 5.41) is 6.72. The van der Waals surface area contributed by atoms with Crippen LogP contribution < -0.4 is 5.48 Å². The van der Waals surface area contributed by atoms with Gasteiger partial charge in [-0.25, -0.2) is 13.9 Å². The minimum Gasteiger partial charge on any atom is -0.288 e. The Balaban J connectivity index is 3.17. The van der Waals surface area contributed by atoms with Crippen LogP contribution in [0.25, 0.3) is 0 Å². The van der Waals surface area contributed by atoms with Gasteiger partial charge >= 0.3 is 5.24 Å². The van der Waals surface area contributed by atoms with Gasteiger partial charge in [-0.2, -0.15) is 0 Å². The molecule has 1 rings (SSSR count). The van der Waals surface area contributed by atoms with Crippen LogP contribution in [0.3, 0.4) is 0 Å². The molecule has 1 aromatic carbocycles. The maximum absolute atomic E-state index is 11.2. The van der Waals surface area contributed by atoms with Gasteiger partial charge < -0.3 is 0 Å². The smallest absolute Gasteiger partial charge is 0.288 e. The highest BCUT2D eigenvalue weighted by Crippen LogP contribution is 2.09. The molecule has 0 heterocycles. The zero-order valence-corrected chi connectivity index (χ0v) is 7.28. The van der Waals surface area contributed by atoms with E-state index >= 15 is 0 Å². The van der Waals surface area contributed by atoms with E-state index < -0.39 is 15.1 Å². The molecule has 2 N–H and O–H groups in total. The number of carbonyl (C=O) groups is 1. The zero-order chi connectivity index (χ0) is 9.90. The zero-order valence-electron chi connectivity index (χ0n) is 6.47. The van der Waals surface area contributed by atoms with Crippen molar-refractivity contribution < 1.29 is 18.4 Å². The molecule has 1 aromatic rings. The molecule has 0 aliphatic carbocycles. The minimum absolute atomic E-state index is 0.151. The summed E-state index contributed by atoms with van der Waals surface area (Å²) >= 11 is 0. The lowest BCUT2D eigenvalue weighted by molar-refractivity contribution is 0.179. The van der Waals surface area contributed by atoms with Crippen LogP contribution in [0.4, 0.5) is 4.79 Å². The maximum Gasteiger partial charge on any atom is 0.364 e. The lowest BCUT2D eigenvalue weighted by Gasteiger charge is -1.99. The summed E-state index contributed by atoms with van der Waals surface area (Å²) < 4.78 is 22.4. The predicted molar refractivity (Wildman–Crippen MR) is 43.9 cm³/mol. The average Bonchev–Trinajstić information content (AvgIpc) is 2.18. The fraction of sp³-hybridized carbons (Fsp3) is 0. The van der Waals surface area contributed by atoms with Crippen molar-refractivity contribution in [3.63, 3.8) is 0 Å². The number of amides is 1. The molecule has 70 valence electrons. The average molecular weight is 201 g/mol. The Morgan fingerprint density at radius 3 is 2.23 bits per heavy atom. The topological polar surface area (TPSA) is 83.5 Å². The number of benzene rings is 1. The van der Waals surface area contributed by atoms with Gasteiger partial charge in [0.2, 0.25) is 0 Å². The van der Waals surface area contributed by atoms with Crippen LogP contribution in [0.1, 0.15) is 0 Å². The first-order valence-corrected chi connectivity index (χ1v) is 4.81. The maximum atomic E-state index is 11.2. The van der Waals surface area contributed by atoms with Gasteiger partial charge in [0.15, 0.2) is 0 Å². The summed E-state index contributed by atoms with van der Waals surface area (Å²) in [7, 11) is -4.09. The third-order valence-corrected chi connectivity index (χ3v) is 2.86. The minimum atomic E-state index is -4.09. The van der Waals surface area contributed by atoms with Crippen molar-refractivity contribution in [1.82, 2.24) is 5.48 Å². The van der Waals surface area contributed by atoms with Crippen molar-refractivity contribution in [2.45, 2.75) is 4.90 Å². The molecule has 1 amide bonds. The summed E-state index contributed by atoms with van der Waals surface area (Å²) in [6.07, 6.45) is 0. The number of sulfone groups is 1. The van der Waals surface area contributed by atoms with E-state index in [9.17, 15) is 13.2 Å². The molecule has 13 heavy (non-hydrogen) atoms. The van der Waals surface area contributed by atoms with E-state index in [-0.39, 0.29) is 4.90 Å². The highest BCUT2D eigenvalue weighted by molar-refractivity contribution is 8.06. The van der Waals surface area contributed by atoms with Crippen LogP contribution in [0, 0.1) is 0 Å². The van der Waals surface area contributed by atoms with E-state index in [2.05, 4.69) is 0 Å². The Morgan fingerprint density at radius 2 is 1.77 bits per heavy atom. The highest BCUT2D eigenvalue weighted by Gasteiger charge is 2.23. The van der Waals surface area contributed by atoms with Gasteiger partial charge in [0.25, 0.3) is 9.84 Å². The van der Waals surface area contributed by atoms with Crippen molar-refractivity contribution in [1.29, 1.82) is 0 Å². The normalized spacial score (nSPS) is 10.8. The Morgan fingerprint density at radius 1 is 1.23 bits per heavy atom.